The van der Waals surface area contributed by atoms with Crippen molar-refractivity contribution in [3.8, 4) is 0 Å². The Bertz CT molecular complexity index is 836. The van der Waals surface area contributed by atoms with E-state index in [2.05, 4.69) is 23.6 Å². The fraction of sp³-hybridized carbons (Fsp3) is 0.364. The number of likely N-dealkylation sites (tertiary alicyclic amines) is 1. The van der Waals surface area contributed by atoms with Crippen molar-refractivity contribution in [2.24, 2.45) is 5.92 Å². The zero-order valence-corrected chi connectivity index (χ0v) is 15.5. The summed E-state index contributed by atoms with van der Waals surface area (Å²) < 4.78 is 0. The van der Waals surface area contributed by atoms with Crippen LogP contribution in [0.3, 0.4) is 0 Å². The number of rotatable bonds is 4. The van der Waals surface area contributed by atoms with Gasteiger partial charge in [0.05, 0.1) is 0 Å². The second-order valence-corrected chi connectivity index (χ2v) is 7.47. The van der Waals surface area contributed by atoms with Gasteiger partial charge in [-0.3, -0.25) is 4.79 Å². The molecule has 27 heavy (non-hydrogen) atoms. The molecule has 1 saturated heterocycles. The Morgan fingerprint density at radius 2 is 1.89 bits per heavy atom. The van der Waals surface area contributed by atoms with Crippen LogP contribution in [0.4, 0.5) is 10.5 Å². The summed E-state index contributed by atoms with van der Waals surface area (Å²) in [6.45, 7) is 2.80. The third-order valence-corrected chi connectivity index (χ3v) is 5.74. The van der Waals surface area contributed by atoms with Gasteiger partial charge in [0.2, 0.25) is 0 Å². The fourth-order valence-corrected chi connectivity index (χ4v) is 4.28. The van der Waals surface area contributed by atoms with Crippen molar-refractivity contribution in [1.82, 2.24) is 10.2 Å². The number of carbonyl (C=O) groups is 2. The number of fused-ring (bicyclic) bond motifs is 2. The Morgan fingerprint density at radius 3 is 2.59 bits per heavy atom. The summed E-state index contributed by atoms with van der Waals surface area (Å²) in [4.78, 5) is 27.0. The molecule has 2 fully saturated rings. The number of urea groups is 1. The smallest absolute Gasteiger partial charge is 0.322 e. The van der Waals surface area contributed by atoms with Crippen LogP contribution < -0.4 is 10.6 Å². The maximum absolute atomic E-state index is 12.7. The number of nitrogens with one attached hydrogen (secondary N) is 2. The van der Waals surface area contributed by atoms with E-state index in [-0.39, 0.29) is 24.0 Å². The van der Waals surface area contributed by atoms with E-state index in [1.54, 1.807) is 0 Å². The standard InChI is InChI=1S/C22H25N3O2/c1-2-15-7-6-10-18(11-15)23-22(27)25-14-17-12-19(25)13-20(17)24-21(26)16-8-4-3-5-9-16/h3-11,17,19-20H,2,12-14H2,1H3,(H,23,27)(H,24,26). The molecular formula is C22H25N3O2. The van der Waals surface area contributed by atoms with Gasteiger partial charge in [0.25, 0.3) is 5.91 Å². The van der Waals surface area contributed by atoms with Gasteiger partial charge >= 0.3 is 6.03 Å². The van der Waals surface area contributed by atoms with Crippen LogP contribution in [0.15, 0.2) is 54.6 Å². The third-order valence-electron chi connectivity index (χ3n) is 5.74. The van der Waals surface area contributed by atoms with E-state index in [1.807, 2.05) is 53.4 Å². The van der Waals surface area contributed by atoms with Crippen LogP contribution in [0.1, 0.15) is 35.7 Å². The Hall–Kier alpha value is -2.82. The molecule has 5 nitrogen and oxygen atoms in total. The first kappa shape index (κ1) is 17.6. The molecule has 3 amide bonds. The van der Waals surface area contributed by atoms with Gasteiger partial charge in [0.15, 0.2) is 0 Å². The summed E-state index contributed by atoms with van der Waals surface area (Å²) in [6, 6.07) is 17.6. The zero-order chi connectivity index (χ0) is 18.8. The van der Waals surface area contributed by atoms with Crippen molar-refractivity contribution < 1.29 is 9.59 Å². The molecular weight excluding hydrogens is 338 g/mol. The highest BCUT2D eigenvalue weighted by Gasteiger charge is 2.47. The molecule has 3 unspecified atom stereocenters. The highest BCUT2D eigenvalue weighted by molar-refractivity contribution is 5.94. The number of amides is 3. The number of aryl methyl sites for hydroxylation is 1. The largest absolute Gasteiger partial charge is 0.349 e. The van der Waals surface area contributed by atoms with E-state index < -0.39 is 0 Å². The maximum Gasteiger partial charge on any atom is 0.322 e. The maximum atomic E-state index is 12.7. The first-order chi connectivity index (χ1) is 13.1. The van der Waals surface area contributed by atoms with Crippen molar-refractivity contribution in [1.29, 1.82) is 0 Å². The van der Waals surface area contributed by atoms with Gasteiger partial charge in [0.1, 0.15) is 0 Å². The quantitative estimate of drug-likeness (QED) is 0.871. The summed E-state index contributed by atoms with van der Waals surface area (Å²) in [7, 11) is 0. The van der Waals surface area contributed by atoms with Crippen LogP contribution in [-0.2, 0) is 6.42 Å². The zero-order valence-electron chi connectivity index (χ0n) is 15.5. The average Bonchev–Trinajstić information content (AvgIpc) is 3.29. The molecule has 2 N–H and O–H groups in total. The third kappa shape index (κ3) is 3.68. The highest BCUT2D eigenvalue weighted by atomic mass is 16.2. The minimum atomic E-state index is -0.0383. The molecule has 2 aliphatic rings. The molecule has 4 rings (SSSR count). The molecule has 5 heteroatoms. The summed E-state index contributed by atoms with van der Waals surface area (Å²) >= 11 is 0. The van der Waals surface area contributed by atoms with Crippen LogP contribution in [0.5, 0.6) is 0 Å². The number of hydrogen-bond donors (Lipinski definition) is 2. The molecule has 1 aliphatic heterocycles. The minimum Gasteiger partial charge on any atom is -0.349 e. The monoisotopic (exact) mass is 363 g/mol. The number of piperidine rings is 1. The van der Waals surface area contributed by atoms with E-state index >= 15 is 0 Å². The Balaban J connectivity index is 1.34. The highest BCUT2D eigenvalue weighted by Crippen LogP contribution is 2.38. The van der Waals surface area contributed by atoms with Crippen molar-refractivity contribution in [2.75, 3.05) is 11.9 Å². The molecule has 2 bridgehead atoms. The molecule has 2 aromatic rings. The molecule has 140 valence electrons. The number of benzene rings is 2. The van der Waals surface area contributed by atoms with Crippen LogP contribution in [-0.4, -0.2) is 35.5 Å². The van der Waals surface area contributed by atoms with Gasteiger partial charge in [-0.25, -0.2) is 4.79 Å². The fourth-order valence-electron chi connectivity index (χ4n) is 4.28. The lowest BCUT2D eigenvalue weighted by molar-refractivity contribution is 0.0915. The Kier molecular flexibility index (Phi) is 4.84. The lowest BCUT2D eigenvalue weighted by Gasteiger charge is -2.32. The number of hydrogen-bond acceptors (Lipinski definition) is 2. The van der Waals surface area contributed by atoms with Crippen molar-refractivity contribution >= 4 is 17.6 Å². The molecule has 1 heterocycles. The second kappa shape index (κ2) is 7.43. The van der Waals surface area contributed by atoms with Crippen LogP contribution in [0.25, 0.3) is 0 Å². The first-order valence-electron chi connectivity index (χ1n) is 9.66. The summed E-state index contributed by atoms with van der Waals surface area (Å²) in [5.41, 5.74) is 2.74. The first-order valence-corrected chi connectivity index (χ1v) is 9.66. The predicted octanol–water partition coefficient (Wildman–Crippen LogP) is 3.67. The van der Waals surface area contributed by atoms with E-state index in [4.69, 9.17) is 0 Å². The van der Waals surface area contributed by atoms with Gasteiger partial charge in [-0.1, -0.05) is 37.3 Å². The predicted molar refractivity (Wildman–Crippen MR) is 106 cm³/mol. The minimum absolute atomic E-state index is 0.0273. The van der Waals surface area contributed by atoms with Gasteiger partial charge in [-0.15, -0.1) is 0 Å². The summed E-state index contributed by atoms with van der Waals surface area (Å²) in [5, 5.41) is 6.18. The lowest BCUT2D eigenvalue weighted by Crippen LogP contribution is -2.48. The summed E-state index contributed by atoms with van der Waals surface area (Å²) in [5.74, 6) is 0.302. The summed E-state index contributed by atoms with van der Waals surface area (Å²) in [6.07, 6.45) is 2.73. The van der Waals surface area contributed by atoms with E-state index in [0.29, 0.717) is 18.0 Å². The van der Waals surface area contributed by atoms with E-state index in [9.17, 15) is 9.59 Å². The molecule has 3 atom stereocenters. The normalized spacial score (nSPS) is 23.3. The molecule has 1 saturated carbocycles. The van der Waals surface area contributed by atoms with Crippen molar-refractivity contribution in [2.45, 2.75) is 38.3 Å². The number of carbonyl (C=O) groups excluding carboxylic acids is 2. The van der Waals surface area contributed by atoms with Gasteiger partial charge in [0, 0.05) is 29.9 Å². The Labute approximate surface area is 159 Å². The van der Waals surface area contributed by atoms with E-state index in [1.165, 1.54) is 5.56 Å². The van der Waals surface area contributed by atoms with Crippen molar-refractivity contribution in [3.63, 3.8) is 0 Å². The lowest BCUT2D eigenvalue weighted by atomic mass is 10.0. The van der Waals surface area contributed by atoms with Crippen LogP contribution >= 0.6 is 0 Å². The molecule has 0 spiro atoms. The SMILES string of the molecule is CCc1cccc(NC(=O)N2CC3CC2CC3NC(=O)c2ccccc2)c1. The molecule has 0 radical (unpaired) electrons. The topological polar surface area (TPSA) is 61.4 Å². The van der Waals surface area contributed by atoms with Crippen LogP contribution in [0.2, 0.25) is 0 Å². The van der Waals surface area contributed by atoms with Gasteiger partial charge in [-0.05, 0) is 55.0 Å². The molecule has 2 aromatic carbocycles. The number of nitrogens with zero attached hydrogens (tertiary/aromatic N) is 1. The van der Waals surface area contributed by atoms with E-state index in [0.717, 1.165) is 24.9 Å². The number of anilines is 1. The average molecular weight is 363 g/mol. The van der Waals surface area contributed by atoms with Gasteiger partial charge in [-0.2, -0.15) is 0 Å². The molecule has 1 aliphatic carbocycles. The van der Waals surface area contributed by atoms with Gasteiger partial charge < -0.3 is 15.5 Å². The second-order valence-electron chi connectivity index (χ2n) is 7.47. The van der Waals surface area contributed by atoms with Crippen molar-refractivity contribution in [3.05, 3.63) is 65.7 Å². The van der Waals surface area contributed by atoms with Crippen LogP contribution in [0, 0.1) is 5.92 Å². The Morgan fingerprint density at radius 1 is 1.07 bits per heavy atom. The molecule has 0 aromatic heterocycles.